The van der Waals surface area contributed by atoms with E-state index in [0.29, 0.717) is 13.0 Å². The summed E-state index contributed by atoms with van der Waals surface area (Å²) in [6.45, 7) is 6.69. The van der Waals surface area contributed by atoms with Crippen LogP contribution in [0.25, 0.3) is 11.3 Å². The zero-order valence-electron chi connectivity index (χ0n) is 12.5. The Balaban J connectivity index is 2.58. The highest BCUT2D eigenvalue weighted by molar-refractivity contribution is 5.69. The molecule has 20 heavy (non-hydrogen) atoms. The zero-order valence-corrected chi connectivity index (χ0v) is 12.5. The predicted molar refractivity (Wildman–Crippen MR) is 81.0 cm³/mol. The van der Waals surface area contributed by atoms with Crippen molar-refractivity contribution in [2.24, 2.45) is 5.73 Å². The number of aromatic nitrogens is 2. The second kappa shape index (κ2) is 6.01. The molecule has 0 aliphatic carbocycles. The average Bonchev–Trinajstić information content (AvgIpc) is 2.41. The molecule has 0 bridgehead atoms. The number of hydrogen-bond donors (Lipinski definition) is 1. The average molecular weight is 271 g/mol. The molecule has 4 nitrogen and oxygen atoms in total. The van der Waals surface area contributed by atoms with E-state index in [-0.39, 0.29) is 0 Å². The first-order valence-corrected chi connectivity index (χ1v) is 6.75. The Hall–Kier alpha value is -1.94. The summed E-state index contributed by atoms with van der Waals surface area (Å²) in [7, 11) is 1.68. The Bertz CT molecular complexity index is 623. The number of rotatable bonds is 4. The lowest BCUT2D eigenvalue weighted by Crippen LogP contribution is -2.08. The van der Waals surface area contributed by atoms with Gasteiger partial charge in [-0.1, -0.05) is 0 Å². The van der Waals surface area contributed by atoms with Crippen LogP contribution in [0.15, 0.2) is 18.2 Å². The number of aryl methyl sites for hydroxylation is 3. The molecular weight excluding hydrogens is 250 g/mol. The lowest BCUT2D eigenvalue weighted by molar-refractivity contribution is 0.416. The fraction of sp³-hybridized carbons (Fsp3) is 0.375. The maximum atomic E-state index is 5.59. The van der Waals surface area contributed by atoms with Crippen molar-refractivity contribution in [2.45, 2.75) is 27.2 Å². The normalized spacial score (nSPS) is 10.7. The van der Waals surface area contributed by atoms with Crippen molar-refractivity contribution < 1.29 is 4.74 Å². The smallest absolute Gasteiger partial charge is 0.130 e. The standard InChI is InChI=1S/C16H21N3O/c1-10-7-13(15(20-4)8-11(10)2)14-9-12(3)18-16(19-14)5-6-17/h7-9H,5-6,17H2,1-4H3. The summed E-state index contributed by atoms with van der Waals surface area (Å²) in [4.78, 5) is 9.01. The molecule has 0 aliphatic rings. The van der Waals surface area contributed by atoms with E-state index < -0.39 is 0 Å². The van der Waals surface area contributed by atoms with Crippen molar-refractivity contribution in [3.8, 4) is 17.0 Å². The van der Waals surface area contributed by atoms with Crippen molar-refractivity contribution in [1.29, 1.82) is 0 Å². The van der Waals surface area contributed by atoms with Gasteiger partial charge < -0.3 is 10.5 Å². The summed E-state index contributed by atoms with van der Waals surface area (Å²) >= 11 is 0. The molecule has 0 fully saturated rings. The number of benzene rings is 1. The molecule has 0 unspecified atom stereocenters. The molecule has 0 atom stereocenters. The van der Waals surface area contributed by atoms with Crippen LogP contribution in [0.2, 0.25) is 0 Å². The van der Waals surface area contributed by atoms with Gasteiger partial charge in [0.25, 0.3) is 0 Å². The van der Waals surface area contributed by atoms with E-state index in [1.54, 1.807) is 7.11 Å². The van der Waals surface area contributed by atoms with Gasteiger partial charge in [0, 0.05) is 17.7 Å². The zero-order chi connectivity index (χ0) is 14.7. The second-order valence-corrected chi connectivity index (χ2v) is 4.99. The van der Waals surface area contributed by atoms with Crippen molar-refractivity contribution in [3.05, 3.63) is 40.8 Å². The largest absolute Gasteiger partial charge is 0.496 e. The highest BCUT2D eigenvalue weighted by Crippen LogP contribution is 2.31. The summed E-state index contributed by atoms with van der Waals surface area (Å²) in [5.74, 6) is 1.62. The third-order valence-corrected chi connectivity index (χ3v) is 3.36. The van der Waals surface area contributed by atoms with Crippen LogP contribution in [-0.2, 0) is 6.42 Å². The molecule has 0 radical (unpaired) electrons. The lowest BCUT2D eigenvalue weighted by atomic mass is 10.0. The van der Waals surface area contributed by atoms with Gasteiger partial charge in [-0.15, -0.1) is 0 Å². The summed E-state index contributed by atoms with van der Waals surface area (Å²) in [5, 5.41) is 0. The molecule has 1 aromatic heterocycles. The molecule has 0 aliphatic heterocycles. The second-order valence-electron chi connectivity index (χ2n) is 4.99. The molecule has 2 rings (SSSR count). The summed E-state index contributed by atoms with van der Waals surface area (Å²) in [6.07, 6.45) is 0.682. The molecule has 1 aromatic carbocycles. The number of ether oxygens (including phenoxy) is 1. The number of nitrogens with two attached hydrogens (primary N) is 1. The molecule has 2 aromatic rings. The van der Waals surface area contributed by atoms with E-state index in [9.17, 15) is 0 Å². The van der Waals surface area contributed by atoms with Crippen molar-refractivity contribution >= 4 is 0 Å². The maximum absolute atomic E-state index is 5.59. The van der Waals surface area contributed by atoms with E-state index in [4.69, 9.17) is 10.5 Å². The van der Waals surface area contributed by atoms with Crippen molar-refractivity contribution in [3.63, 3.8) is 0 Å². The minimum Gasteiger partial charge on any atom is -0.496 e. The van der Waals surface area contributed by atoms with Crippen LogP contribution in [0.1, 0.15) is 22.6 Å². The van der Waals surface area contributed by atoms with E-state index >= 15 is 0 Å². The molecule has 106 valence electrons. The van der Waals surface area contributed by atoms with E-state index in [1.165, 1.54) is 11.1 Å². The van der Waals surface area contributed by atoms with Gasteiger partial charge in [-0.05, 0) is 56.6 Å². The van der Waals surface area contributed by atoms with Crippen LogP contribution in [0.4, 0.5) is 0 Å². The highest BCUT2D eigenvalue weighted by atomic mass is 16.5. The Kier molecular flexibility index (Phi) is 4.35. The monoisotopic (exact) mass is 271 g/mol. The summed E-state index contributed by atoms with van der Waals surface area (Å²) in [5.41, 5.74) is 10.9. The van der Waals surface area contributed by atoms with Crippen LogP contribution in [0, 0.1) is 20.8 Å². The van der Waals surface area contributed by atoms with Crippen molar-refractivity contribution in [1.82, 2.24) is 9.97 Å². The van der Waals surface area contributed by atoms with Gasteiger partial charge in [0.15, 0.2) is 0 Å². The van der Waals surface area contributed by atoms with Crippen LogP contribution in [0.3, 0.4) is 0 Å². The Morgan fingerprint density at radius 1 is 1.05 bits per heavy atom. The van der Waals surface area contributed by atoms with Crippen LogP contribution in [0.5, 0.6) is 5.75 Å². The minimum absolute atomic E-state index is 0.549. The summed E-state index contributed by atoms with van der Waals surface area (Å²) < 4.78 is 5.49. The first-order valence-electron chi connectivity index (χ1n) is 6.75. The molecule has 0 amide bonds. The van der Waals surface area contributed by atoms with Gasteiger partial charge in [0.1, 0.15) is 11.6 Å². The Morgan fingerprint density at radius 2 is 1.75 bits per heavy atom. The van der Waals surface area contributed by atoms with Crippen LogP contribution < -0.4 is 10.5 Å². The van der Waals surface area contributed by atoms with Gasteiger partial charge in [0.2, 0.25) is 0 Å². The fourth-order valence-electron chi connectivity index (χ4n) is 2.17. The predicted octanol–water partition coefficient (Wildman–Crippen LogP) is 2.58. The van der Waals surface area contributed by atoms with Gasteiger partial charge in [0.05, 0.1) is 12.8 Å². The first kappa shape index (κ1) is 14.5. The Labute approximate surface area is 120 Å². The van der Waals surface area contributed by atoms with Gasteiger partial charge >= 0.3 is 0 Å². The molecule has 2 N–H and O–H groups in total. The van der Waals surface area contributed by atoms with Crippen LogP contribution >= 0.6 is 0 Å². The lowest BCUT2D eigenvalue weighted by Gasteiger charge is -2.12. The SMILES string of the molecule is COc1cc(C)c(C)cc1-c1cc(C)nc(CCN)n1. The van der Waals surface area contributed by atoms with E-state index in [0.717, 1.165) is 28.5 Å². The van der Waals surface area contributed by atoms with Gasteiger partial charge in [-0.25, -0.2) is 9.97 Å². The van der Waals surface area contributed by atoms with Crippen molar-refractivity contribution in [2.75, 3.05) is 13.7 Å². The third kappa shape index (κ3) is 2.96. The quantitative estimate of drug-likeness (QED) is 0.928. The highest BCUT2D eigenvalue weighted by Gasteiger charge is 2.11. The number of nitrogens with zero attached hydrogens (tertiary/aromatic N) is 2. The van der Waals surface area contributed by atoms with E-state index in [1.807, 2.05) is 19.1 Å². The molecule has 0 saturated carbocycles. The van der Waals surface area contributed by atoms with Gasteiger partial charge in [-0.3, -0.25) is 0 Å². The first-order chi connectivity index (χ1) is 9.55. The fourth-order valence-corrected chi connectivity index (χ4v) is 2.17. The van der Waals surface area contributed by atoms with Crippen LogP contribution in [-0.4, -0.2) is 23.6 Å². The molecule has 4 heteroatoms. The maximum Gasteiger partial charge on any atom is 0.130 e. The molecule has 0 saturated heterocycles. The van der Waals surface area contributed by atoms with Gasteiger partial charge in [-0.2, -0.15) is 0 Å². The minimum atomic E-state index is 0.549. The number of methoxy groups -OCH3 is 1. The van der Waals surface area contributed by atoms with E-state index in [2.05, 4.69) is 29.9 Å². The number of hydrogen-bond acceptors (Lipinski definition) is 4. The molecular formula is C16H21N3O. The molecule has 1 heterocycles. The third-order valence-electron chi connectivity index (χ3n) is 3.36. The Morgan fingerprint density at radius 3 is 2.40 bits per heavy atom. The molecule has 0 spiro atoms. The summed E-state index contributed by atoms with van der Waals surface area (Å²) in [6, 6.07) is 6.14. The topological polar surface area (TPSA) is 61.0 Å².